The summed E-state index contributed by atoms with van der Waals surface area (Å²) in [7, 11) is 0. The third-order valence-electron chi connectivity index (χ3n) is 10.6. The van der Waals surface area contributed by atoms with E-state index in [9.17, 15) is 14.0 Å². The third kappa shape index (κ3) is 9.28. The van der Waals surface area contributed by atoms with Gasteiger partial charge in [-0.2, -0.15) is 0 Å². The minimum atomic E-state index is -1.86. The quantitative estimate of drug-likeness (QED) is 0.196. The fourth-order valence-corrected chi connectivity index (χ4v) is 7.24. The average Bonchev–Trinajstić information content (AvgIpc) is 3.93. The van der Waals surface area contributed by atoms with Crippen molar-refractivity contribution in [2.45, 2.75) is 94.2 Å². The monoisotopic (exact) mass is 805 g/mol. The first kappa shape index (κ1) is 41.2. The SMILES string of the molecule is Cc1ccc(C)c(OCCc2ccc(C3=C(C(=O)N(CCc4ccc(F)cc4)C4CC4)[C@H]4CNCC(C3)N4C(=O)OC(C)(C)C(Cl)(Cl)Cl)cc2)c1C.Cl. The number of carbonyl (C=O) groups is 2. The topological polar surface area (TPSA) is 71.1 Å². The first-order chi connectivity index (χ1) is 24.6. The minimum Gasteiger partial charge on any atom is -0.493 e. The summed E-state index contributed by atoms with van der Waals surface area (Å²) < 4.78 is 23.9. The zero-order valence-electron chi connectivity index (χ0n) is 30.8. The van der Waals surface area contributed by atoms with Gasteiger partial charge >= 0.3 is 6.09 Å². The van der Waals surface area contributed by atoms with Gasteiger partial charge in [0.1, 0.15) is 11.6 Å². The van der Waals surface area contributed by atoms with E-state index in [0.29, 0.717) is 44.7 Å². The molecular formula is C41H48Cl4FN3O4. The largest absolute Gasteiger partial charge is 0.493 e. The van der Waals surface area contributed by atoms with Gasteiger partial charge in [0.2, 0.25) is 3.79 Å². The van der Waals surface area contributed by atoms with Gasteiger partial charge in [0.05, 0.1) is 18.7 Å². The zero-order valence-corrected chi connectivity index (χ0v) is 33.9. The summed E-state index contributed by atoms with van der Waals surface area (Å²) in [6.45, 7) is 11.3. The molecule has 1 saturated carbocycles. The van der Waals surface area contributed by atoms with Crippen LogP contribution in [0.3, 0.4) is 0 Å². The highest BCUT2D eigenvalue weighted by atomic mass is 35.6. The number of nitrogens with zero attached hydrogens (tertiary/aromatic N) is 2. The number of aryl methyl sites for hydroxylation is 2. The van der Waals surface area contributed by atoms with Crippen LogP contribution in [0.4, 0.5) is 9.18 Å². The summed E-state index contributed by atoms with van der Waals surface area (Å²) in [4.78, 5) is 32.5. The van der Waals surface area contributed by atoms with Gasteiger partial charge in [0, 0.05) is 37.7 Å². The Morgan fingerprint density at radius 2 is 1.53 bits per heavy atom. The summed E-state index contributed by atoms with van der Waals surface area (Å²) in [5.74, 6) is 0.536. The van der Waals surface area contributed by atoms with Gasteiger partial charge < -0.3 is 19.7 Å². The van der Waals surface area contributed by atoms with Crippen LogP contribution in [-0.2, 0) is 22.4 Å². The van der Waals surface area contributed by atoms with E-state index in [2.05, 4.69) is 62.5 Å². The van der Waals surface area contributed by atoms with E-state index in [1.165, 1.54) is 17.7 Å². The number of fused-ring (bicyclic) bond motifs is 2. The number of hydrogen-bond donors (Lipinski definition) is 1. The second-order valence-corrected chi connectivity index (χ2v) is 17.0. The van der Waals surface area contributed by atoms with Crippen molar-refractivity contribution in [3.63, 3.8) is 0 Å². The first-order valence-electron chi connectivity index (χ1n) is 18.0. The molecule has 2 atom stereocenters. The molecule has 3 aromatic rings. The average molecular weight is 808 g/mol. The van der Waals surface area contributed by atoms with Gasteiger partial charge in [-0.15, -0.1) is 12.4 Å². The summed E-state index contributed by atoms with van der Waals surface area (Å²) in [5, 5.41) is 3.44. The number of carbonyl (C=O) groups excluding carboxylic acids is 2. The van der Waals surface area contributed by atoms with Crippen LogP contribution in [0.15, 0.2) is 66.2 Å². The normalized spacial score (nSPS) is 18.7. The Labute approximate surface area is 333 Å². The molecule has 3 aromatic carbocycles. The molecule has 286 valence electrons. The Bertz CT molecular complexity index is 1820. The molecule has 2 fully saturated rings. The molecule has 1 N–H and O–H groups in total. The molecule has 0 spiro atoms. The van der Waals surface area contributed by atoms with Crippen LogP contribution in [0, 0.1) is 26.6 Å². The summed E-state index contributed by atoms with van der Waals surface area (Å²) in [6, 6.07) is 18.1. The number of amides is 2. The molecule has 0 aromatic heterocycles. The number of hydrogen-bond acceptors (Lipinski definition) is 5. The van der Waals surface area contributed by atoms with Crippen molar-refractivity contribution in [1.82, 2.24) is 15.1 Å². The van der Waals surface area contributed by atoms with Crippen LogP contribution >= 0.6 is 47.2 Å². The number of benzene rings is 3. The molecule has 2 heterocycles. The van der Waals surface area contributed by atoms with E-state index < -0.39 is 21.5 Å². The highest BCUT2D eigenvalue weighted by molar-refractivity contribution is 6.68. The Morgan fingerprint density at radius 1 is 0.906 bits per heavy atom. The van der Waals surface area contributed by atoms with Crippen LogP contribution in [0.1, 0.15) is 66.5 Å². The summed E-state index contributed by atoms with van der Waals surface area (Å²) in [5.41, 5.74) is 6.56. The lowest BCUT2D eigenvalue weighted by Gasteiger charge is -2.48. The van der Waals surface area contributed by atoms with E-state index in [-0.39, 0.29) is 36.2 Å². The van der Waals surface area contributed by atoms with Crippen molar-refractivity contribution in [3.05, 3.63) is 105 Å². The molecule has 6 rings (SSSR count). The smallest absolute Gasteiger partial charge is 0.411 e. The predicted octanol–water partition coefficient (Wildman–Crippen LogP) is 9.11. The highest BCUT2D eigenvalue weighted by Gasteiger charge is 2.50. The van der Waals surface area contributed by atoms with Crippen molar-refractivity contribution in [3.8, 4) is 5.75 Å². The summed E-state index contributed by atoms with van der Waals surface area (Å²) in [6.07, 6.45) is 2.94. The third-order valence-corrected chi connectivity index (χ3v) is 12.0. The second kappa shape index (κ2) is 16.8. The van der Waals surface area contributed by atoms with Gasteiger partial charge in [-0.1, -0.05) is 83.3 Å². The lowest BCUT2D eigenvalue weighted by Crippen LogP contribution is -2.64. The fourth-order valence-electron chi connectivity index (χ4n) is 7.13. The molecule has 53 heavy (non-hydrogen) atoms. The van der Waals surface area contributed by atoms with Crippen LogP contribution in [0.25, 0.3) is 5.57 Å². The van der Waals surface area contributed by atoms with E-state index >= 15 is 0 Å². The van der Waals surface area contributed by atoms with Gasteiger partial charge in [-0.3, -0.25) is 9.69 Å². The maximum absolute atomic E-state index is 14.9. The van der Waals surface area contributed by atoms with Gasteiger partial charge in [-0.25, -0.2) is 9.18 Å². The van der Waals surface area contributed by atoms with Crippen LogP contribution in [0.2, 0.25) is 0 Å². The molecule has 0 radical (unpaired) electrons. The van der Waals surface area contributed by atoms with Crippen LogP contribution in [0.5, 0.6) is 5.75 Å². The summed E-state index contributed by atoms with van der Waals surface area (Å²) >= 11 is 18.6. The molecule has 3 aliphatic rings. The standard InChI is InChI=1S/C41H47Cl3FN3O4.ClH/c1-25-6-7-26(2)37(27(25)3)51-21-19-29-8-12-30(13-9-29)34-22-33-23-46-24-35(48(33)39(50)52-40(4,5)41(42,43)44)36(34)38(49)47(32-16-17-32)20-18-28-10-14-31(45)15-11-28;/h6-15,32-33,35,46H,16-24H2,1-5H3;1H/t33?,35-;/m1./s1. The Balaban J connectivity index is 0.00000541. The molecule has 1 saturated heterocycles. The van der Waals surface area contributed by atoms with Crippen LogP contribution < -0.4 is 10.1 Å². The van der Waals surface area contributed by atoms with Gasteiger partial charge in [0.15, 0.2) is 5.60 Å². The van der Waals surface area contributed by atoms with Crippen molar-refractivity contribution in [2.24, 2.45) is 0 Å². The first-order valence-corrected chi connectivity index (χ1v) is 19.1. The van der Waals surface area contributed by atoms with Crippen molar-refractivity contribution >= 4 is 64.8 Å². The molecule has 1 unspecified atom stereocenters. The number of ether oxygens (including phenoxy) is 2. The molecular weight excluding hydrogens is 759 g/mol. The Morgan fingerprint density at radius 3 is 2.17 bits per heavy atom. The van der Waals surface area contributed by atoms with E-state index in [4.69, 9.17) is 44.3 Å². The van der Waals surface area contributed by atoms with Crippen molar-refractivity contribution in [2.75, 3.05) is 26.2 Å². The second-order valence-electron chi connectivity index (χ2n) is 14.8. The highest BCUT2D eigenvalue weighted by Crippen LogP contribution is 2.43. The molecule has 2 bridgehead atoms. The maximum Gasteiger partial charge on any atom is 0.411 e. The van der Waals surface area contributed by atoms with Crippen LogP contribution in [-0.4, -0.2) is 75.6 Å². The lowest BCUT2D eigenvalue weighted by molar-refractivity contribution is -0.128. The maximum atomic E-state index is 14.9. The zero-order chi connectivity index (χ0) is 37.4. The van der Waals surface area contributed by atoms with E-state index in [0.717, 1.165) is 58.4 Å². The van der Waals surface area contributed by atoms with E-state index in [1.54, 1.807) is 30.9 Å². The number of alkyl halides is 3. The fraction of sp³-hybridized carbons (Fsp3) is 0.463. The number of piperazine rings is 1. The Kier molecular flexibility index (Phi) is 13.0. The number of rotatable bonds is 11. The number of nitrogens with one attached hydrogen (secondary N) is 1. The molecule has 7 nitrogen and oxygen atoms in total. The predicted molar refractivity (Wildman–Crippen MR) is 213 cm³/mol. The molecule has 2 aliphatic heterocycles. The van der Waals surface area contributed by atoms with Gasteiger partial charge in [0.25, 0.3) is 5.91 Å². The molecule has 1 aliphatic carbocycles. The number of halogens is 5. The lowest BCUT2D eigenvalue weighted by atomic mass is 9.81. The van der Waals surface area contributed by atoms with E-state index in [1.807, 2.05) is 4.90 Å². The molecule has 2 amide bonds. The minimum absolute atomic E-state index is 0. The van der Waals surface area contributed by atoms with Crippen molar-refractivity contribution in [1.29, 1.82) is 0 Å². The molecule has 12 heteroatoms. The van der Waals surface area contributed by atoms with Gasteiger partial charge in [-0.05, 0) is 111 Å². The van der Waals surface area contributed by atoms with Crippen molar-refractivity contribution < 1.29 is 23.5 Å². The Hall–Kier alpha value is -3.01.